The number of piperazine rings is 1. The average Bonchev–Trinajstić information content (AvgIpc) is 3.31. The van der Waals surface area contributed by atoms with Crippen LogP contribution >= 0.6 is 0 Å². The van der Waals surface area contributed by atoms with Gasteiger partial charge in [-0.3, -0.25) is 9.69 Å². The summed E-state index contributed by atoms with van der Waals surface area (Å²) in [6.07, 6.45) is 7.05. The average molecular weight is 464 g/mol. The van der Waals surface area contributed by atoms with Gasteiger partial charge in [-0.15, -0.1) is 5.10 Å². The van der Waals surface area contributed by atoms with Gasteiger partial charge in [0.2, 0.25) is 0 Å². The number of hydrogen-bond acceptors (Lipinski definition) is 6. The molecular formula is C26H37N7O. The molecule has 8 nitrogen and oxygen atoms in total. The second-order valence-electron chi connectivity index (χ2n) is 10.2. The van der Waals surface area contributed by atoms with E-state index < -0.39 is 0 Å². The monoisotopic (exact) mass is 463 g/mol. The minimum Gasteiger partial charge on any atom is -0.321 e. The molecule has 34 heavy (non-hydrogen) atoms. The summed E-state index contributed by atoms with van der Waals surface area (Å²) in [7, 11) is 0. The number of tetrazole rings is 1. The normalized spacial score (nSPS) is 19.6. The van der Waals surface area contributed by atoms with Crippen LogP contribution in [0.15, 0.2) is 23.0 Å². The van der Waals surface area contributed by atoms with Gasteiger partial charge in [-0.1, -0.05) is 37.8 Å². The molecule has 1 saturated heterocycles. The van der Waals surface area contributed by atoms with Crippen molar-refractivity contribution in [3.05, 3.63) is 51.1 Å². The molecule has 0 unspecified atom stereocenters. The first kappa shape index (κ1) is 23.2. The van der Waals surface area contributed by atoms with Crippen LogP contribution in [-0.2, 0) is 0 Å². The molecule has 182 valence electrons. The molecule has 3 aromatic rings. The first-order valence-corrected chi connectivity index (χ1v) is 12.9. The molecule has 1 atom stereocenters. The van der Waals surface area contributed by atoms with E-state index in [0.29, 0.717) is 6.04 Å². The standard InChI is InChI=1S/C26H37N7O/c1-4-10-31-11-13-32(14-12-31)24(25-28-29-30-33(25)21-8-6-5-7-9-21)22-17-20-16-18(2)15-19(3)23(20)27-26(22)34/h15-17,21,24H,4-14H2,1-3H3,(H,27,34)/t24-/m1/s1. The molecule has 1 N–H and O–H groups in total. The minimum atomic E-state index is -0.255. The maximum Gasteiger partial charge on any atom is 0.253 e. The molecule has 8 heteroatoms. The number of nitrogens with zero attached hydrogens (tertiary/aromatic N) is 6. The van der Waals surface area contributed by atoms with Gasteiger partial charge in [0.15, 0.2) is 5.82 Å². The lowest BCUT2D eigenvalue weighted by molar-refractivity contribution is 0.103. The Morgan fingerprint density at radius 2 is 1.82 bits per heavy atom. The van der Waals surface area contributed by atoms with Crippen LogP contribution < -0.4 is 5.56 Å². The molecular weight excluding hydrogens is 426 g/mol. The summed E-state index contributed by atoms with van der Waals surface area (Å²) in [6, 6.07) is 6.41. The van der Waals surface area contributed by atoms with Crippen molar-refractivity contribution in [3.63, 3.8) is 0 Å². The van der Waals surface area contributed by atoms with Gasteiger partial charge in [-0.25, -0.2) is 4.68 Å². The quantitative estimate of drug-likeness (QED) is 0.599. The number of nitrogens with one attached hydrogen (secondary N) is 1. The number of aromatic nitrogens is 5. The Balaban J connectivity index is 1.59. The summed E-state index contributed by atoms with van der Waals surface area (Å²) in [4.78, 5) is 21.6. The Bertz CT molecular complexity index is 1190. The highest BCUT2D eigenvalue weighted by molar-refractivity contribution is 5.83. The van der Waals surface area contributed by atoms with E-state index in [0.717, 1.165) is 79.8 Å². The predicted octanol–water partition coefficient (Wildman–Crippen LogP) is 3.75. The zero-order valence-corrected chi connectivity index (χ0v) is 20.8. The van der Waals surface area contributed by atoms with E-state index in [2.05, 4.69) is 69.3 Å². The van der Waals surface area contributed by atoms with Crippen LogP contribution in [0.2, 0.25) is 0 Å². The first-order valence-electron chi connectivity index (χ1n) is 12.9. The van der Waals surface area contributed by atoms with Crippen molar-refractivity contribution in [1.29, 1.82) is 0 Å². The molecule has 1 aliphatic heterocycles. The Morgan fingerprint density at radius 1 is 1.06 bits per heavy atom. The molecule has 1 saturated carbocycles. The minimum absolute atomic E-state index is 0.0429. The maximum atomic E-state index is 13.5. The summed E-state index contributed by atoms with van der Waals surface area (Å²) in [5.74, 6) is 0.810. The molecule has 0 bridgehead atoms. The maximum absolute atomic E-state index is 13.5. The van der Waals surface area contributed by atoms with Crippen molar-refractivity contribution in [3.8, 4) is 0 Å². The highest BCUT2D eigenvalue weighted by Gasteiger charge is 2.34. The smallest absolute Gasteiger partial charge is 0.253 e. The van der Waals surface area contributed by atoms with Crippen molar-refractivity contribution in [2.45, 2.75) is 71.4 Å². The van der Waals surface area contributed by atoms with Crippen LogP contribution in [-0.4, -0.2) is 67.7 Å². The predicted molar refractivity (Wildman–Crippen MR) is 134 cm³/mol. The summed E-state index contributed by atoms with van der Waals surface area (Å²) < 4.78 is 2.04. The third kappa shape index (κ3) is 4.53. The molecule has 2 aromatic heterocycles. The zero-order chi connectivity index (χ0) is 23.7. The van der Waals surface area contributed by atoms with E-state index in [4.69, 9.17) is 0 Å². The zero-order valence-electron chi connectivity index (χ0n) is 20.8. The van der Waals surface area contributed by atoms with Crippen LogP contribution in [0.4, 0.5) is 0 Å². The van der Waals surface area contributed by atoms with Gasteiger partial charge >= 0.3 is 0 Å². The number of hydrogen-bond donors (Lipinski definition) is 1. The van der Waals surface area contributed by atoms with Crippen LogP contribution in [0.5, 0.6) is 0 Å². The van der Waals surface area contributed by atoms with Crippen molar-refractivity contribution < 1.29 is 0 Å². The molecule has 0 radical (unpaired) electrons. The van der Waals surface area contributed by atoms with Crippen molar-refractivity contribution in [1.82, 2.24) is 35.0 Å². The largest absolute Gasteiger partial charge is 0.321 e. The Hall–Kier alpha value is -2.58. The Morgan fingerprint density at radius 3 is 2.56 bits per heavy atom. The van der Waals surface area contributed by atoms with Crippen molar-refractivity contribution in [2.75, 3.05) is 32.7 Å². The number of aromatic amines is 1. The molecule has 2 fully saturated rings. The van der Waals surface area contributed by atoms with Gasteiger partial charge in [0.25, 0.3) is 5.56 Å². The lowest BCUT2D eigenvalue weighted by atomic mass is 9.95. The van der Waals surface area contributed by atoms with Gasteiger partial charge < -0.3 is 9.88 Å². The highest BCUT2D eigenvalue weighted by atomic mass is 16.1. The van der Waals surface area contributed by atoms with E-state index in [-0.39, 0.29) is 11.6 Å². The molecule has 1 aliphatic carbocycles. The number of benzene rings is 1. The third-order valence-corrected chi connectivity index (χ3v) is 7.61. The molecule has 2 aliphatic rings. The van der Waals surface area contributed by atoms with Gasteiger partial charge in [-0.2, -0.15) is 0 Å². The lowest BCUT2D eigenvalue weighted by Crippen LogP contribution is -2.49. The Labute approximate surface area is 201 Å². The summed E-state index contributed by atoms with van der Waals surface area (Å²) in [5.41, 5.74) is 3.90. The first-order chi connectivity index (χ1) is 16.5. The van der Waals surface area contributed by atoms with Crippen LogP contribution in [0.25, 0.3) is 10.9 Å². The molecule has 3 heterocycles. The second-order valence-corrected chi connectivity index (χ2v) is 10.2. The number of H-pyrrole nitrogens is 1. The summed E-state index contributed by atoms with van der Waals surface area (Å²) >= 11 is 0. The number of fused-ring (bicyclic) bond motifs is 1. The van der Waals surface area contributed by atoms with Gasteiger partial charge in [0.05, 0.1) is 11.6 Å². The SMILES string of the molecule is CCCN1CCN([C@H](c2cc3cc(C)cc(C)c3[nH]c2=O)c2nnnn2C2CCCCC2)CC1. The highest BCUT2D eigenvalue weighted by Crippen LogP contribution is 2.33. The van der Waals surface area contributed by atoms with Gasteiger partial charge in [0, 0.05) is 31.7 Å². The lowest BCUT2D eigenvalue weighted by Gasteiger charge is -2.39. The molecule has 1 aromatic carbocycles. The van der Waals surface area contributed by atoms with E-state index in [9.17, 15) is 4.79 Å². The topological polar surface area (TPSA) is 82.9 Å². The van der Waals surface area contributed by atoms with Crippen molar-refractivity contribution >= 4 is 10.9 Å². The van der Waals surface area contributed by atoms with E-state index in [1.807, 2.05) is 4.68 Å². The fourth-order valence-corrected chi connectivity index (χ4v) is 5.93. The fourth-order valence-electron chi connectivity index (χ4n) is 5.93. The van der Waals surface area contributed by atoms with Gasteiger partial charge in [-0.05, 0) is 73.2 Å². The number of pyridine rings is 1. The van der Waals surface area contributed by atoms with Crippen LogP contribution in [0.1, 0.15) is 80.0 Å². The molecule has 0 amide bonds. The van der Waals surface area contributed by atoms with Gasteiger partial charge in [0.1, 0.15) is 6.04 Å². The fraction of sp³-hybridized carbons (Fsp3) is 0.615. The summed E-state index contributed by atoms with van der Waals surface area (Å²) in [5, 5.41) is 14.2. The number of aryl methyl sites for hydroxylation is 2. The summed E-state index contributed by atoms with van der Waals surface area (Å²) in [6.45, 7) is 11.3. The van der Waals surface area contributed by atoms with E-state index in [1.165, 1.54) is 24.8 Å². The van der Waals surface area contributed by atoms with E-state index in [1.54, 1.807) is 0 Å². The molecule has 0 spiro atoms. The third-order valence-electron chi connectivity index (χ3n) is 7.61. The second kappa shape index (κ2) is 9.96. The number of rotatable bonds is 6. The van der Waals surface area contributed by atoms with Crippen molar-refractivity contribution in [2.24, 2.45) is 0 Å². The van der Waals surface area contributed by atoms with E-state index >= 15 is 0 Å². The van der Waals surface area contributed by atoms with Crippen LogP contribution in [0, 0.1) is 13.8 Å². The molecule has 5 rings (SSSR count). The Kier molecular flexibility index (Phi) is 6.79. The van der Waals surface area contributed by atoms with Crippen LogP contribution in [0.3, 0.4) is 0 Å².